The minimum atomic E-state index is -3.10. The summed E-state index contributed by atoms with van der Waals surface area (Å²) in [5.74, 6) is -0.836. The number of nitrogens with zero attached hydrogens (tertiary/aromatic N) is 1. The maximum absolute atomic E-state index is 12.6. The number of benzene rings is 1. The lowest BCUT2D eigenvalue weighted by Crippen LogP contribution is -2.48. The van der Waals surface area contributed by atoms with E-state index in [0.29, 0.717) is 18.4 Å². The van der Waals surface area contributed by atoms with Crippen molar-refractivity contribution in [1.82, 2.24) is 4.90 Å². The second-order valence-corrected chi connectivity index (χ2v) is 9.53. The minimum Gasteiger partial charge on any atom is -0.452 e. The Balaban J connectivity index is 2.01. The quantitative estimate of drug-likeness (QED) is 0.517. The predicted molar refractivity (Wildman–Crippen MR) is 102 cm³/mol. The molecule has 1 saturated heterocycles. The molecular weight excluding hydrogens is 374 g/mol. The van der Waals surface area contributed by atoms with E-state index in [1.54, 1.807) is 28.8 Å². The molecule has 0 unspecified atom stereocenters. The molecule has 0 aliphatic carbocycles. The van der Waals surface area contributed by atoms with Crippen LogP contribution in [0.5, 0.6) is 0 Å². The molecule has 6 nitrogen and oxygen atoms in total. The molecule has 1 amide bonds. The van der Waals surface area contributed by atoms with E-state index in [1.807, 2.05) is 32.2 Å². The van der Waals surface area contributed by atoms with Crippen molar-refractivity contribution in [3.05, 3.63) is 29.8 Å². The molecule has 1 heterocycles. The number of hydrogen-bond donors (Lipinski definition) is 0. The van der Waals surface area contributed by atoms with E-state index in [9.17, 15) is 18.0 Å². The summed E-state index contributed by atoms with van der Waals surface area (Å²) in [6.07, 6.45) is 3.08. The molecule has 26 heavy (non-hydrogen) atoms. The standard InChI is InChI=1S/C18H25NO5S2/c1-4-13(2)19(15-9-10-26(22,23)12-15)17(20)11-24-18(21)14-5-7-16(25-3)8-6-14/h5-8,13,15H,4,9-12H2,1-3H3/t13-,15+/m1/s1. The van der Waals surface area contributed by atoms with Crippen molar-refractivity contribution >= 4 is 33.5 Å². The number of carbonyl (C=O) groups is 2. The third-order valence-corrected chi connectivity index (χ3v) is 7.10. The van der Waals surface area contributed by atoms with Gasteiger partial charge in [0, 0.05) is 17.0 Å². The highest BCUT2D eigenvalue weighted by Gasteiger charge is 2.36. The second kappa shape index (κ2) is 8.90. The van der Waals surface area contributed by atoms with Gasteiger partial charge in [-0.15, -0.1) is 11.8 Å². The molecule has 1 aromatic rings. The number of esters is 1. The minimum absolute atomic E-state index is 0.0207. The Morgan fingerprint density at radius 3 is 2.46 bits per heavy atom. The fourth-order valence-electron chi connectivity index (χ4n) is 3.01. The fraction of sp³-hybridized carbons (Fsp3) is 0.556. The number of hydrogen-bond acceptors (Lipinski definition) is 6. The van der Waals surface area contributed by atoms with E-state index in [-0.39, 0.29) is 36.1 Å². The number of carbonyl (C=O) groups excluding carboxylic acids is 2. The van der Waals surface area contributed by atoms with Gasteiger partial charge in [-0.25, -0.2) is 13.2 Å². The summed E-state index contributed by atoms with van der Waals surface area (Å²) in [6.45, 7) is 3.43. The molecule has 2 rings (SSSR count). The first-order valence-electron chi connectivity index (χ1n) is 8.60. The molecule has 0 spiro atoms. The van der Waals surface area contributed by atoms with Crippen LogP contribution in [0.1, 0.15) is 37.0 Å². The van der Waals surface area contributed by atoms with Crippen molar-refractivity contribution in [3.63, 3.8) is 0 Å². The molecule has 0 aromatic heterocycles. The first kappa shape index (κ1) is 20.8. The van der Waals surface area contributed by atoms with Gasteiger partial charge in [0.15, 0.2) is 16.4 Å². The van der Waals surface area contributed by atoms with Crippen LogP contribution in [0.2, 0.25) is 0 Å². The van der Waals surface area contributed by atoms with Gasteiger partial charge in [-0.1, -0.05) is 6.92 Å². The van der Waals surface area contributed by atoms with E-state index in [0.717, 1.165) is 4.90 Å². The van der Waals surface area contributed by atoms with Crippen LogP contribution in [0.4, 0.5) is 0 Å². The first-order valence-corrected chi connectivity index (χ1v) is 11.6. The molecule has 144 valence electrons. The summed E-state index contributed by atoms with van der Waals surface area (Å²) < 4.78 is 28.7. The van der Waals surface area contributed by atoms with Crippen LogP contribution in [0.25, 0.3) is 0 Å². The summed E-state index contributed by atoms with van der Waals surface area (Å²) in [7, 11) is -3.10. The molecule has 1 aliphatic rings. The molecule has 8 heteroatoms. The average molecular weight is 400 g/mol. The van der Waals surface area contributed by atoms with Gasteiger partial charge in [0.25, 0.3) is 5.91 Å². The largest absolute Gasteiger partial charge is 0.452 e. The van der Waals surface area contributed by atoms with Gasteiger partial charge in [-0.05, 0) is 50.3 Å². The zero-order valence-corrected chi connectivity index (χ0v) is 16.9. The molecule has 0 bridgehead atoms. The summed E-state index contributed by atoms with van der Waals surface area (Å²) in [5, 5.41) is 0. The second-order valence-electron chi connectivity index (χ2n) is 6.42. The Labute approximate surface area is 159 Å². The van der Waals surface area contributed by atoms with Gasteiger partial charge in [0.05, 0.1) is 17.1 Å². The molecule has 0 radical (unpaired) electrons. The number of amides is 1. The van der Waals surface area contributed by atoms with Gasteiger partial charge in [-0.2, -0.15) is 0 Å². The molecule has 2 atom stereocenters. The van der Waals surface area contributed by atoms with Crippen molar-refractivity contribution in [1.29, 1.82) is 0 Å². The fourth-order valence-corrected chi connectivity index (χ4v) is 5.13. The lowest BCUT2D eigenvalue weighted by Gasteiger charge is -2.33. The smallest absolute Gasteiger partial charge is 0.338 e. The Morgan fingerprint density at radius 2 is 1.96 bits per heavy atom. The molecule has 0 N–H and O–H groups in total. The Kier molecular flexibility index (Phi) is 7.11. The number of rotatable bonds is 7. The van der Waals surface area contributed by atoms with Crippen LogP contribution in [-0.2, 0) is 19.4 Å². The molecular formula is C18H25NO5S2. The lowest BCUT2D eigenvalue weighted by molar-refractivity contribution is -0.138. The lowest BCUT2D eigenvalue weighted by atomic mass is 10.1. The van der Waals surface area contributed by atoms with Gasteiger partial charge >= 0.3 is 5.97 Å². The van der Waals surface area contributed by atoms with E-state index < -0.39 is 15.8 Å². The van der Waals surface area contributed by atoms with Crippen LogP contribution in [0.15, 0.2) is 29.2 Å². The summed E-state index contributed by atoms with van der Waals surface area (Å²) in [4.78, 5) is 27.4. The van der Waals surface area contributed by atoms with Crippen LogP contribution in [0.3, 0.4) is 0 Å². The van der Waals surface area contributed by atoms with E-state index in [4.69, 9.17) is 4.74 Å². The van der Waals surface area contributed by atoms with E-state index in [2.05, 4.69) is 0 Å². The average Bonchev–Trinajstić information content (AvgIpc) is 2.99. The van der Waals surface area contributed by atoms with Crippen LogP contribution in [-0.4, -0.2) is 61.6 Å². The maximum Gasteiger partial charge on any atom is 0.338 e. The van der Waals surface area contributed by atoms with Crippen LogP contribution < -0.4 is 0 Å². The molecule has 1 aromatic carbocycles. The highest BCUT2D eigenvalue weighted by atomic mass is 32.2. The number of thioether (sulfide) groups is 1. The summed E-state index contributed by atoms with van der Waals surface area (Å²) in [5.41, 5.74) is 0.383. The summed E-state index contributed by atoms with van der Waals surface area (Å²) >= 11 is 1.57. The van der Waals surface area contributed by atoms with E-state index >= 15 is 0 Å². The van der Waals surface area contributed by atoms with Gasteiger partial charge in [0.1, 0.15) is 0 Å². The highest BCUT2D eigenvalue weighted by molar-refractivity contribution is 7.98. The maximum atomic E-state index is 12.6. The normalized spacial score (nSPS) is 19.7. The van der Waals surface area contributed by atoms with Crippen molar-refractivity contribution < 1.29 is 22.7 Å². The first-order chi connectivity index (χ1) is 12.3. The molecule has 0 saturated carbocycles. The predicted octanol–water partition coefficient (Wildman–Crippen LogP) is 2.38. The zero-order valence-electron chi connectivity index (χ0n) is 15.3. The third kappa shape index (κ3) is 5.23. The topological polar surface area (TPSA) is 80.8 Å². The van der Waals surface area contributed by atoms with Crippen molar-refractivity contribution in [2.24, 2.45) is 0 Å². The zero-order chi connectivity index (χ0) is 19.3. The van der Waals surface area contributed by atoms with Crippen molar-refractivity contribution in [2.45, 2.75) is 43.7 Å². The number of ether oxygens (including phenoxy) is 1. The SMILES string of the molecule is CC[C@@H](C)N(C(=O)COC(=O)c1ccc(SC)cc1)[C@H]1CCS(=O)(=O)C1. The van der Waals surface area contributed by atoms with Gasteiger partial charge in [0.2, 0.25) is 0 Å². The van der Waals surface area contributed by atoms with Crippen molar-refractivity contribution in [2.75, 3.05) is 24.4 Å². The third-order valence-electron chi connectivity index (χ3n) is 4.61. The number of sulfone groups is 1. The van der Waals surface area contributed by atoms with Gasteiger partial charge < -0.3 is 9.64 Å². The molecule has 1 fully saturated rings. The monoisotopic (exact) mass is 399 g/mol. The van der Waals surface area contributed by atoms with Gasteiger partial charge in [-0.3, -0.25) is 4.79 Å². The van der Waals surface area contributed by atoms with Crippen molar-refractivity contribution in [3.8, 4) is 0 Å². The Bertz CT molecular complexity index is 745. The van der Waals surface area contributed by atoms with Crippen LogP contribution >= 0.6 is 11.8 Å². The highest BCUT2D eigenvalue weighted by Crippen LogP contribution is 2.22. The Morgan fingerprint density at radius 1 is 1.31 bits per heavy atom. The van der Waals surface area contributed by atoms with E-state index in [1.165, 1.54) is 0 Å². The molecule has 1 aliphatic heterocycles. The Hall–Kier alpha value is -1.54. The van der Waals surface area contributed by atoms with Crippen LogP contribution in [0, 0.1) is 0 Å². The summed E-state index contributed by atoms with van der Waals surface area (Å²) in [6, 6.07) is 6.50.